The van der Waals surface area contributed by atoms with Gasteiger partial charge >= 0.3 is 18.1 Å². The number of carboxylic acids is 1. The quantitative estimate of drug-likeness (QED) is 0.433. The van der Waals surface area contributed by atoms with E-state index in [1.54, 1.807) is 0 Å². The maximum absolute atomic E-state index is 11.7. The third-order valence-corrected chi connectivity index (χ3v) is 3.35. The van der Waals surface area contributed by atoms with Gasteiger partial charge in [-0.25, -0.2) is 14.4 Å². The largest absolute Gasteiger partial charge is 0.480 e. The first-order valence-corrected chi connectivity index (χ1v) is 6.68. The Morgan fingerprint density at radius 3 is 2.25 bits per heavy atom. The summed E-state index contributed by atoms with van der Waals surface area (Å²) in [6, 6.07) is -0.581. The molecule has 0 aromatic carbocycles. The Morgan fingerprint density at radius 2 is 1.75 bits per heavy atom. The molecule has 8 heteroatoms. The molecule has 5 N–H and O–H groups in total. The van der Waals surface area contributed by atoms with Gasteiger partial charge < -0.3 is 26.2 Å². The monoisotopic (exact) mass is 287 g/mol. The van der Waals surface area contributed by atoms with Gasteiger partial charge in [0.15, 0.2) is 0 Å². The number of ether oxygens (including phenoxy) is 1. The molecule has 0 saturated heterocycles. The van der Waals surface area contributed by atoms with Crippen LogP contribution in [-0.2, 0) is 9.53 Å². The summed E-state index contributed by atoms with van der Waals surface area (Å²) >= 11 is 0. The van der Waals surface area contributed by atoms with E-state index in [9.17, 15) is 19.5 Å². The molecule has 20 heavy (non-hydrogen) atoms. The maximum Gasteiger partial charge on any atom is 0.404 e. The second-order valence-corrected chi connectivity index (χ2v) is 4.85. The molecule has 0 aromatic heterocycles. The molecule has 0 heterocycles. The third kappa shape index (κ3) is 4.94. The number of nitrogens with one attached hydrogen (secondary N) is 2. The predicted molar refractivity (Wildman–Crippen MR) is 70.1 cm³/mol. The average molecular weight is 287 g/mol. The minimum atomic E-state index is -1.20. The predicted octanol–water partition coefficient (Wildman–Crippen LogP) is 0.558. The van der Waals surface area contributed by atoms with Crippen molar-refractivity contribution in [3.05, 3.63) is 0 Å². The summed E-state index contributed by atoms with van der Waals surface area (Å²) in [6.45, 7) is 0.0211. The summed E-state index contributed by atoms with van der Waals surface area (Å²) in [5, 5.41) is 14.4. The fraction of sp³-hybridized carbons (Fsp3) is 0.750. The van der Waals surface area contributed by atoms with E-state index in [1.807, 2.05) is 0 Å². The lowest BCUT2D eigenvalue weighted by atomic mass is 9.90. The van der Waals surface area contributed by atoms with Gasteiger partial charge in [0.25, 0.3) is 0 Å². The van der Waals surface area contributed by atoms with Crippen LogP contribution in [0.3, 0.4) is 0 Å². The first-order chi connectivity index (χ1) is 9.46. The van der Waals surface area contributed by atoms with Crippen molar-refractivity contribution in [3.8, 4) is 0 Å². The molecule has 0 atom stereocenters. The van der Waals surface area contributed by atoms with Gasteiger partial charge in [0.1, 0.15) is 12.1 Å². The van der Waals surface area contributed by atoms with Gasteiger partial charge in [-0.3, -0.25) is 0 Å². The molecule has 0 unspecified atom stereocenters. The van der Waals surface area contributed by atoms with Crippen LogP contribution in [0.5, 0.6) is 0 Å². The van der Waals surface area contributed by atoms with Crippen molar-refractivity contribution in [2.45, 2.75) is 44.1 Å². The number of aliphatic carboxylic acids is 1. The molecule has 0 bridgehead atoms. The molecule has 0 spiro atoms. The molecule has 1 fully saturated rings. The van der Waals surface area contributed by atoms with Crippen LogP contribution in [0.15, 0.2) is 0 Å². The zero-order valence-electron chi connectivity index (χ0n) is 11.3. The van der Waals surface area contributed by atoms with Crippen LogP contribution in [0.25, 0.3) is 0 Å². The van der Waals surface area contributed by atoms with Crippen LogP contribution in [0.1, 0.15) is 38.5 Å². The van der Waals surface area contributed by atoms with E-state index >= 15 is 0 Å². The normalized spacial score (nSPS) is 17.6. The third-order valence-electron chi connectivity index (χ3n) is 3.35. The smallest absolute Gasteiger partial charge is 0.404 e. The summed E-state index contributed by atoms with van der Waals surface area (Å²) in [5.74, 6) is -1.01. The number of primary amides is 1. The number of rotatable bonds is 5. The molecule has 0 radical (unpaired) electrons. The summed E-state index contributed by atoms with van der Waals surface area (Å²) in [5.41, 5.74) is 3.57. The second-order valence-electron chi connectivity index (χ2n) is 4.85. The van der Waals surface area contributed by atoms with E-state index in [4.69, 9.17) is 5.73 Å². The molecule has 1 aliphatic carbocycles. The van der Waals surface area contributed by atoms with Crippen LogP contribution < -0.4 is 16.4 Å². The van der Waals surface area contributed by atoms with Crippen LogP contribution in [0, 0.1) is 0 Å². The Kier molecular flexibility index (Phi) is 6.08. The van der Waals surface area contributed by atoms with Crippen molar-refractivity contribution in [2.24, 2.45) is 5.73 Å². The summed E-state index contributed by atoms with van der Waals surface area (Å²) in [6.07, 6.45) is 3.43. The molecule has 8 nitrogen and oxygen atoms in total. The maximum atomic E-state index is 11.7. The van der Waals surface area contributed by atoms with Crippen LogP contribution >= 0.6 is 0 Å². The molecular formula is C12H21N3O5. The van der Waals surface area contributed by atoms with Crippen LogP contribution in [0.2, 0.25) is 0 Å². The van der Waals surface area contributed by atoms with E-state index in [0.717, 1.165) is 25.7 Å². The van der Waals surface area contributed by atoms with E-state index < -0.39 is 23.6 Å². The first-order valence-electron chi connectivity index (χ1n) is 6.68. The highest BCUT2D eigenvalue weighted by molar-refractivity contribution is 5.86. The number of hydrogen-bond donors (Lipinski definition) is 4. The first kappa shape index (κ1) is 16.1. The van der Waals surface area contributed by atoms with E-state index in [0.29, 0.717) is 12.8 Å². The topological polar surface area (TPSA) is 131 Å². The van der Waals surface area contributed by atoms with E-state index in [1.165, 1.54) is 0 Å². The van der Waals surface area contributed by atoms with Crippen molar-refractivity contribution in [3.63, 3.8) is 0 Å². The standard InChI is InChI=1S/C12H21N3O5/c13-10(18)20-8-7-14-11(19)15-12(9(16)17)5-3-1-2-4-6-12/h1-8H2,(H2,13,18)(H,16,17)(H2,14,15,19). The molecule has 3 amide bonds. The number of carboxylic acid groups (broad SMARTS) is 1. The minimum absolute atomic E-state index is 0.0528. The van der Waals surface area contributed by atoms with Gasteiger partial charge in [-0.05, 0) is 12.8 Å². The Labute approximate surface area is 117 Å². The summed E-state index contributed by atoms with van der Waals surface area (Å²) in [7, 11) is 0. The number of carbonyl (C=O) groups is 3. The highest BCUT2D eigenvalue weighted by Crippen LogP contribution is 2.27. The van der Waals surface area contributed by atoms with E-state index in [-0.39, 0.29) is 13.2 Å². The van der Waals surface area contributed by atoms with Crippen LogP contribution in [0.4, 0.5) is 9.59 Å². The summed E-state index contributed by atoms with van der Waals surface area (Å²) < 4.78 is 4.45. The minimum Gasteiger partial charge on any atom is -0.480 e. The lowest BCUT2D eigenvalue weighted by Gasteiger charge is -2.29. The fourth-order valence-electron chi connectivity index (χ4n) is 2.30. The van der Waals surface area contributed by atoms with Gasteiger partial charge in [0, 0.05) is 0 Å². The molecule has 1 aliphatic rings. The van der Waals surface area contributed by atoms with Gasteiger partial charge in [-0.1, -0.05) is 25.7 Å². The molecular weight excluding hydrogens is 266 g/mol. The zero-order chi connectivity index (χ0) is 15.0. The lowest BCUT2D eigenvalue weighted by molar-refractivity contribution is -0.145. The molecule has 0 aromatic rings. The Balaban J connectivity index is 2.46. The number of amides is 3. The van der Waals surface area contributed by atoms with Gasteiger partial charge in [-0.2, -0.15) is 0 Å². The number of hydrogen-bond acceptors (Lipinski definition) is 4. The van der Waals surface area contributed by atoms with Crippen molar-refractivity contribution >= 4 is 18.1 Å². The number of urea groups is 1. The molecule has 114 valence electrons. The highest BCUT2D eigenvalue weighted by Gasteiger charge is 2.39. The Morgan fingerprint density at radius 1 is 1.15 bits per heavy atom. The van der Waals surface area contributed by atoms with Gasteiger partial charge in [-0.15, -0.1) is 0 Å². The SMILES string of the molecule is NC(=O)OCCNC(=O)NC1(C(=O)O)CCCCCC1. The Hall–Kier alpha value is -1.99. The van der Waals surface area contributed by atoms with Crippen LogP contribution in [-0.4, -0.2) is 41.9 Å². The van der Waals surface area contributed by atoms with Crippen molar-refractivity contribution in [1.82, 2.24) is 10.6 Å². The fourth-order valence-corrected chi connectivity index (χ4v) is 2.30. The lowest BCUT2D eigenvalue weighted by Crippen LogP contribution is -2.57. The molecule has 1 saturated carbocycles. The second kappa shape index (κ2) is 7.56. The van der Waals surface area contributed by atoms with Crippen molar-refractivity contribution < 1.29 is 24.2 Å². The molecule has 0 aliphatic heterocycles. The van der Waals surface area contributed by atoms with E-state index in [2.05, 4.69) is 15.4 Å². The van der Waals surface area contributed by atoms with Gasteiger partial charge in [0.2, 0.25) is 0 Å². The number of nitrogens with two attached hydrogens (primary N) is 1. The number of carbonyl (C=O) groups excluding carboxylic acids is 2. The van der Waals surface area contributed by atoms with Gasteiger partial charge in [0.05, 0.1) is 6.54 Å². The van der Waals surface area contributed by atoms with Crippen molar-refractivity contribution in [2.75, 3.05) is 13.2 Å². The highest BCUT2D eigenvalue weighted by atomic mass is 16.5. The van der Waals surface area contributed by atoms with Crippen molar-refractivity contribution in [1.29, 1.82) is 0 Å². The average Bonchev–Trinajstić information content (AvgIpc) is 2.61. The Bertz CT molecular complexity index is 364. The summed E-state index contributed by atoms with van der Waals surface area (Å²) in [4.78, 5) is 33.5. The molecule has 1 rings (SSSR count). The zero-order valence-corrected chi connectivity index (χ0v) is 11.3.